The van der Waals surface area contributed by atoms with Crippen LogP contribution in [-0.2, 0) is 9.59 Å². The molecule has 0 aliphatic rings. The maximum Gasteiger partial charge on any atom is 0.328 e. The van der Waals surface area contributed by atoms with Crippen LogP contribution in [0.1, 0.15) is 12.5 Å². The van der Waals surface area contributed by atoms with Crippen molar-refractivity contribution in [1.29, 1.82) is 0 Å². The largest absolute Gasteiger partial charge is 0.478 e. The summed E-state index contributed by atoms with van der Waals surface area (Å²) in [6.45, 7) is 3.40. The van der Waals surface area contributed by atoms with E-state index in [-0.39, 0.29) is 5.57 Å². The number of aryl methyl sites for hydroxylation is 1. The standard InChI is InChI=1S/C12H13NO3/c1-8-3-5-10(6-4-8)13-12(16)9(2)7-11(14)15/h3-7H,1-2H3,(H,13,16)(H,14,15)/b9-7+. The molecule has 2 N–H and O–H groups in total. The first-order chi connectivity index (χ1) is 7.49. The second kappa shape index (κ2) is 5.11. The molecule has 1 aromatic rings. The lowest BCUT2D eigenvalue weighted by Gasteiger charge is -2.04. The lowest BCUT2D eigenvalue weighted by molar-refractivity contribution is -0.131. The Hall–Kier alpha value is -2.10. The molecule has 0 radical (unpaired) electrons. The minimum absolute atomic E-state index is 0.160. The lowest BCUT2D eigenvalue weighted by Crippen LogP contribution is -2.13. The van der Waals surface area contributed by atoms with Crippen molar-refractivity contribution in [3.63, 3.8) is 0 Å². The highest BCUT2D eigenvalue weighted by Crippen LogP contribution is 2.09. The van der Waals surface area contributed by atoms with Crippen LogP contribution >= 0.6 is 0 Å². The van der Waals surface area contributed by atoms with Gasteiger partial charge in [-0.1, -0.05) is 17.7 Å². The van der Waals surface area contributed by atoms with Gasteiger partial charge in [0.25, 0.3) is 5.91 Å². The van der Waals surface area contributed by atoms with Crippen LogP contribution in [0.3, 0.4) is 0 Å². The van der Waals surface area contributed by atoms with Crippen LogP contribution < -0.4 is 5.32 Å². The number of nitrogens with one attached hydrogen (secondary N) is 1. The highest BCUT2D eigenvalue weighted by molar-refractivity contribution is 6.06. The summed E-state index contributed by atoms with van der Waals surface area (Å²) in [5.41, 5.74) is 1.90. The molecule has 0 bridgehead atoms. The fourth-order valence-electron chi connectivity index (χ4n) is 1.12. The number of carbonyl (C=O) groups excluding carboxylic acids is 1. The van der Waals surface area contributed by atoms with Crippen LogP contribution in [0.5, 0.6) is 0 Å². The molecule has 0 spiro atoms. The summed E-state index contributed by atoms with van der Waals surface area (Å²) < 4.78 is 0. The molecule has 0 saturated carbocycles. The molecule has 0 aliphatic carbocycles. The Morgan fingerprint density at radius 1 is 1.25 bits per heavy atom. The predicted molar refractivity (Wildman–Crippen MR) is 61.2 cm³/mol. The van der Waals surface area contributed by atoms with E-state index < -0.39 is 11.9 Å². The van der Waals surface area contributed by atoms with E-state index in [0.29, 0.717) is 5.69 Å². The van der Waals surface area contributed by atoms with Gasteiger partial charge in [0, 0.05) is 17.3 Å². The van der Waals surface area contributed by atoms with Crippen LogP contribution in [0, 0.1) is 6.92 Å². The molecule has 16 heavy (non-hydrogen) atoms. The predicted octanol–water partition coefficient (Wildman–Crippen LogP) is 1.96. The van der Waals surface area contributed by atoms with Gasteiger partial charge in [0.15, 0.2) is 0 Å². The van der Waals surface area contributed by atoms with Crippen molar-refractivity contribution in [3.8, 4) is 0 Å². The zero-order valence-electron chi connectivity index (χ0n) is 9.15. The van der Waals surface area contributed by atoms with Gasteiger partial charge in [0.2, 0.25) is 0 Å². The van der Waals surface area contributed by atoms with Crippen LogP contribution in [0.25, 0.3) is 0 Å². The van der Waals surface area contributed by atoms with Gasteiger partial charge in [0.05, 0.1) is 0 Å². The molecule has 0 aliphatic heterocycles. The molecule has 0 atom stereocenters. The number of rotatable bonds is 3. The minimum Gasteiger partial charge on any atom is -0.478 e. The van der Waals surface area contributed by atoms with Gasteiger partial charge in [-0.2, -0.15) is 0 Å². The van der Waals surface area contributed by atoms with Crippen molar-refractivity contribution in [3.05, 3.63) is 41.5 Å². The summed E-state index contributed by atoms with van der Waals surface area (Å²) in [5, 5.41) is 11.1. The van der Waals surface area contributed by atoms with Gasteiger partial charge in [-0.25, -0.2) is 4.79 Å². The Morgan fingerprint density at radius 2 is 1.81 bits per heavy atom. The molecule has 84 valence electrons. The van der Waals surface area contributed by atoms with Gasteiger partial charge in [-0.3, -0.25) is 4.79 Å². The molecule has 1 amide bonds. The molecule has 0 aromatic heterocycles. The van der Waals surface area contributed by atoms with Crippen LogP contribution in [-0.4, -0.2) is 17.0 Å². The molecule has 4 nitrogen and oxygen atoms in total. The van der Waals surface area contributed by atoms with Crippen molar-refractivity contribution in [2.45, 2.75) is 13.8 Å². The lowest BCUT2D eigenvalue weighted by atomic mass is 10.2. The maximum atomic E-state index is 11.5. The summed E-state index contributed by atoms with van der Waals surface area (Å²) in [4.78, 5) is 21.8. The van der Waals surface area contributed by atoms with Crippen molar-refractivity contribution in [1.82, 2.24) is 0 Å². The highest BCUT2D eigenvalue weighted by atomic mass is 16.4. The number of anilines is 1. The van der Waals surface area contributed by atoms with Gasteiger partial charge in [-0.05, 0) is 26.0 Å². The first-order valence-electron chi connectivity index (χ1n) is 4.78. The van der Waals surface area contributed by atoms with Crippen LogP contribution in [0.4, 0.5) is 5.69 Å². The second-order valence-corrected chi connectivity index (χ2v) is 3.49. The number of benzene rings is 1. The average Bonchev–Trinajstić information content (AvgIpc) is 2.20. The van der Waals surface area contributed by atoms with Gasteiger partial charge in [-0.15, -0.1) is 0 Å². The van der Waals surface area contributed by atoms with E-state index in [2.05, 4.69) is 5.32 Å². The third-order valence-corrected chi connectivity index (χ3v) is 2.01. The van der Waals surface area contributed by atoms with Crippen molar-refractivity contribution in [2.24, 2.45) is 0 Å². The molecule has 0 unspecified atom stereocenters. The van der Waals surface area contributed by atoms with E-state index in [1.165, 1.54) is 6.92 Å². The molecule has 0 heterocycles. The molecule has 0 fully saturated rings. The molecular weight excluding hydrogens is 206 g/mol. The summed E-state index contributed by atoms with van der Waals surface area (Å²) in [7, 11) is 0. The molecule has 0 saturated heterocycles. The zero-order valence-corrected chi connectivity index (χ0v) is 9.15. The first-order valence-corrected chi connectivity index (χ1v) is 4.78. The monoisotopic (exact) mass is 219 g/mol. The zero-order chi connectivity index (χ0) is 12.1. The molecule has 4 heteroatoms. The van der Waals surface area contributed by atoms with Crippen LogP contribution in [0.15, 0.2) is 35.9 Å². The molecule has 1 rings (SSSR count). The normalized spacial score (nSPS) is 11.0. The van der Waals surface area contributed by atoms with E-state index in [1.807, 2.05) is 19.1 Å². The molecule has 1 aromatic carbocycles. The smallest absolute Gasteiger partial charge is 0.328 e. The number of hydrogen-bond donors (Lipinski definition) is 2. The SMILES string of the molecule is C/C(=C\C(=O)O)C(=O)Nc1ccc(C)cc1. The fraction of sp³-hybridized carbons (Fsp3) is 0.167. The number of carboxylic acid groups (broad SMARTS) is 1. The quantitative estimate of drug-likeness (QED) is 0.764. The Bertz CT molecular complexity index is 432. The van der Waals surface area contributed by atoms with Gasteiger partial charge >= 0.3 is 5.97 Å². The maximum absolute atomic E-state index is 11.5. The van der Waals surface area contributed by atoms with E-state index in [0.717, 1.165) is 11.6 Å². The number of carbonyl (C=O) groups is 2. The Morgan fingerprint density at radius 3 is 2.31 bits per heavy atom. The average molecular weight is 219 g/mol. The summed E-state index contributed by atoms with van der Waals surface area (Å²) in [6, 6.07) is 7.26. The van der Waals surface area contributed by atoms with Gasteiger partial charge < -0.3 is 10.4 Å². The number of carboxylic acids is 1. The van der Waals surface area contributed by atoms with E-state index in [9.17, 15) is 9.59 Å². The number of hydrogen-bond acceptors (Lipinski definition) is 2. The Balaban J connectivity index is 2.71. The second-order valence-electron chi connectivity index (χ2n) is 3.49. The van der Waals surface area contributed by atoms with Crippen LogP contribution in [0.2, 0.25) is 0 Å². The third kappa shape index (κ3) is 3.57. The minimum atomic E-state index is -1.13. The summed E-state index contributed by atoms with van der Waals surface area (Å²) in [6.07, 6.45) is 0.878. The Labute approximate surface area is 93.6 Å². The van der Waals surface area contributed by atoms with Crippen molar-refractivity contribution in [2.75, 3.05) is 5.32 Å². The van der Waals surface area contributed by atoms with E-state index >= 15 is 0 Å². The third-order valence-electron chi connectivity index (χ3n) is 2.01. The summed E-state index contributed by atoms with van der Waals surface area (Å²) >= 11 is 0. The van der Waals surface area contributed by atoms with Crippen molar-refractivity contribution < 1.29 is 14.7 Å². The number of amides is 1. The van der Waals surface area contributed by atoms with Crippen molar-refractivity contribution >= 4 is 17.6 Å². The van der Waals surface area contributed by atoms with Gasteiger partial charge in [0.1, 0.15) is 0 Å². The topological polar surface area (TPSA) is 66.4 Å². The first kappa shape index (κ1) is 12.0. The number of aliphatic carboxylic acids is 1. The van der Waals surface area contributed by atoms with E-state index in [4.69, 9.17) is 5.11 Å². The molecular formula is C12H13NO3. The fourth-order valence-corrected chi connectivity index (χ4v) is 1.12. The van der Waals surface area contributed by atoms with E-state index in [1.54, 1.807) is 12.1 Å². The highest BCUT2D eigenvalue weighted by Gasteiger charge is 2.05. The Kier molecular flexibility index (Phi) is 3.83. The summed E-state index contributed by atoms with van der Waals surface area (Å²) in [5.74, 6) is -1.54.